The van der Waals surface area contributed by atoms with Crippen LogP contribution in [-0.2, 0) is 11.3 Å². The smallest absolute Gasteiger partial charge is 0.339 e. The lowest BCUT2D eigenvalue weighted by Gasteiger charge is -2.09. The number of ether oxygens (including phenoxy) is 1. The van der Waals surface area contributed by atoms with Crippen LogP contribution < -0.4 is 0 Å². The molecule has 0 amide bonds. The van der Waals surface area contributed by atoms with Crippen molar-refractivity contribution < 1.29 is 9.53 Å². The van der Waals surface area contributed by atoms with Gasteiger partial charge in [-0.1, -0.05) is 54.6 Å². The molecule has 0 aliphatic heterocycles. The summed E-state index contributed by atoms with van der Waals surface area (Å²) >= 11 is 2.28. The maximum absolute atomic E-state index is 12.3. The highest BCUT2D eigenvalue weighted by molar-refractivity contribution is 14.1. The van der Waals surface area contributed by atoms with Crippen molar-refractivity contribution >= 4 is 39.3 Å². The summed E-state index contributed by atoms with van der Waals surface area (Å²) in [5, 5.41) is 2.01. The van der Waals surface area contributed by atoms with E-state index in [1.54, 1.807) is 0 Å². The Balaban J connectivity index is 1.87. The largest absolute Gasteiger partial charge is 0.457 e. The number of rotatable bonds is 3. The normalized spacial score (nSPS) is 10.5. The molecule has 0 radical (unpaired) electrons. The number of hydrogen-bond acceptors (Lipinski definition) is 2. The minimum Gasteiger partial charge on any atom is -0.457 e. The molecule has 3 rings (SSSR count). The molecule has 0 N–H and O–H groups in total. The molecular formula is C18H13IO2. The lowest BCUT2D eigenvalue weighted by Crippen LogP contribution is -2.06. The highest BCUT2D eigenvalue weighted by Crippen LogP contribution is 2.24. The first-order valence-electron chi connectivity index (χ1n) is 6.64. The van der Waals surface area contributed by atoms with Crippen LogP contribution in [0.3, 0.4) is 0 Å². The van der Waals surface area contributed by atoms with Gasteiger partial charge in [-0.3, -0.25) is 0 Å². The average molecular weight is 388 g/mol. The van der Waals surface area contributed by atoms with E-state index in [-0.39, 0.29) is 5.97 Å². The molecule has 0 unspecified atom stereocenters. The van der Waals surface area contributed by atoms with E-state index in [0.717, 1.165) is 19.9 Å². The third-order valence-corrected chi connectivity index (χ3v) is 4.24. The Labute approximate surface area is 136 Å². The summed E-state index contributed by atoms with van der Waals surface area (Å²) in [7, 11) is 0. The van der Waals surface area contributed by atoms with Gasteiger partial charge in [0.2, 0.25) is 0 Å². The van der Waals surface area contributed by atoms with Gasteiger partial charge >= 0.3 is 5.97 Å². The van der Waals surface area contributed by atoms with E-state index in [0.29, 0.717) is 12.2 Å². The van der Waals surface area contributed by atoms with Crippen LogP contribution in [0, 0.1) is 3.57 Å². The Morgan fingerprint density at radius 2 is 1.52 bits per heavy atom. The van der Waals surface area contributed by atoms with Crippen LogP contribution in [0.1, 0.15) is 15.9 Å². The fraction of sp³-hybridized carbons (Fsp3) is 0.0556. The Bertz CT molecular complexity index is 782. The molecule has 0 saturated carbocycles. The maximum Gasteiger partial charge on any atom is 0.339 e. The van der Waals surface area contributed by atoms with Crippen molar-refractivity contribution in [1.29, 1.82) is 0 Å². The van der Waals surface area contributed by atoms with Crippen LogP contribution in [0.2, 0.25) is 0 Å². The summed E-state index contributed by atoms with van der Waals surface area (Å²) in [5.74, 6) is -0.286. The van der Waals surface area contributed by atoms with Crippen molar-refractivity contribution in [2.75, 3.05) is 0 Å². The molecule has 0 heterocycles. The Hall–Kier alpha value is -1.88. The molecule has 0 saturated heterocycles. The molecule has 104 valence electrons. The van der Waals surface area contributed by atoms with Crippen LogP contribution in [0.4, 0.5) is 0 Å². The van der Waals surface area contributed by atoms with E-state index in [4.69, 9.17) is 4.74 Å². The average Bonchev–Trinajstić information content (AvgIpc) is 2.54. The molecular weight excluding hydrogens is 375 g/mol. The number of hydrogen-bond donors (Lipinski definition) is 0. The van der Waals surface area contributed by atoms with Crippen LogP contribution in [0.25, 0.3) is 10.8 Å². The highest BCUT2D eigenvalue weighted by atomic mass is 127. The van der Waals surface area contributed by atoms with Gasteiger partial charge in [-0.25, -0.2) is 4.79 Å². The molecule has 3 heteroatoms. The first-order valence-corrected chi connectivity index (χ1v) is 7.72. The lowest BCUT2D eigenvalue weighted by molar-refractivity contribution is 0.0475. The van der Waals surface area contributed by atoms with Crippen molar-refractivity contribution in [2.24, 2.45) is 0 Å². The van der Waals surface area contributed by atoms with Crippen LogP contribution in [-0.4, -0.2) is 5.97 Å². The molecule has 0 atom stereocenters. The molecule has 0 spiro atoms. The minimum atomic E-state index is -0.286. The number of carbonyl (C=O) groups excluding carboxylic acids is 1. The van der Waals surface area contributed by atoms with E-state index in [1.807, 2.05) is 66.7 Å². The molecule has 2 nitrogen and oxygen atoms in total. The van der Waals surface area contributed by atoms with Crippen molar-refractivity contribution in [3.63, 3.8) is 0 Å². The van der Waals surface area contributed by atoms with E-state index in [9.17, 15) is 4.79 Å². The second kappa shape index (κ2) is 6.26. The fourth-order valence-electron chi connectivity index (χ4n) is 2.24. The number of halogens is 1. The minimum absolute atomic E-state index is 0.286. The zero-order valence-corrected chi connectivity index (χ0v) is 13.4. The Morgan fingerprint density at radius 1 is 0.857 bits per heavy atom. The van der Waals surface area contributed by atoms with Gasteiger partial charge < -0.3 is 4.74 Å². The molecule has 0 bridgehead atoms. The molecule has 0 aliphatic rings. The first kappa shape index (κ1) is 14.1. The van der Waals surface area contributed by atoms with Gasteiger partial charge in [0.15, 0.2) is 0 Å². The molecule has 21 heavy (non-hydrogen) atoms. The van der Waals surface area contributed by atoms with Gasteiger partial charge in [0.25, 0.3) is 0 Å². The van der Waals surface area contributed by atoms with Gasteiger partial charge in [0, 0.05) is 3.57 Å². The van der Waals surface area contributed by atoms with Crippen molar-refractivity contribution in [1.82, 2.24) is 0 Å². The third kappa shape index (κ3) is 3.08. The fourth-order valence-corrected chi connectivity index (χ4v) is 2.89. The number of carbonyl (C=O) groups is 1. The van der Waals surface area contributed by atoms with Gasteiger partial charge in [-0.15, -0.1) is 0 Å². The number of fused-ring (bicyclic) bond motifs is 1. The van der Waals surface area contributed by atoms with Gasteiger partial charge in [0.05, 0.1) is 5.56 Å². The maximum atomic E-state index is 12.3. The monoisotopic (exact) mass is 388 g/mol. The predicted octanol–water partition coefficient (Wildman–Crippen LogP) is 4.80. The quantitative estimate of drug-likeness (QED) is 0.476. The Morgan fingerprint density at radius 3 is 2.29 bits per heavy atom. The topological polar surface area (TPSA) is 26.3 Å². The van der Waals surface area contributed by atoms with Crippen LogP contribution in [0.15, 0.2) is 66.7 Å². The van der Waals surface area contributed by atoms with Crippen LogP contribution >= 0.6 is 22.6 Å². The second-order valence-corrected chi connectivity index (χ2v) is 5.86. The summed E-state index contributed by atoms with van der Waals surface area (Å²) in [6, 6.07) is 21.4. The second-order valence-electron chi connectivity index (χ2n) is 4.70. The molecule has 0 aliphatic carbocycles. The summed E-state index contributed by atoms with van der Waals surface area (Å²) in [5.41, 5.74) is 1.60. The van der Waals surface area contributed by atoms with Crippen molar-refractivity contribution in [3.8, 4) is 0 Å². The lowest BCUT2D eigenvalue weighted by atomic mass is 10.0. The zero-order valence-electron chi connectivity index (χ0n) is 11.3. The SMILES string of the molecule is O=C(OCc1ccccc1)c1ccc(I)c2ccccc12. The third-order valence-electron chi connectivity index (χ3n) is 3.30. The highest BCUT2D eigenvalue weighted by Gasteiger charge is 2.12. The number of benzene rings is 3. The zero-order chi connectivity index (χ0) is 14.7. The molecule has 3 aromatic rings. The summed E-state index contributed by atoms with van der Waals surface area (Å²) in [4.78, 5) is 12.3. The first-order chi connectivity index (χ1) is 10.3. The summed E-state index contributed by atoms with van der Waals surface area (Å²) in [6.45, 7) is 0.292. The van der Waals surface area contributed by atoms with Crippen molar-refractivity contribution in [3.05, 3.63) is 81.4 Å². The van der Waals surface area contributed by atoms with E-state index in [2.05, 4.69) is 22.6 Å². The molecule has 0 fully saturated rings. The molecule has 0 aromatic heterocycles. The summed E-state index contributed by atoms with van der Waals surface area (Å²) in [6.07, 6.45) is 0. The van der Waals surface area contributed by atoms with E-state index >= 15 is 0 Å². The van der Waals surface area contributed by atoms with E-state index < -0.39 is 0 Å². The number of esters is 1. The predicted molar refractivity (Wildman–Crippen MR) is 92.2 cm³/mol. The van der Waals surface area contributed by atoms with Gasteiger partial charge in [-0.05, 0) is 51.1 Å². The van der Waals surface area contributed by atoms with Crippen LogP contribution in [0.5, 0.6) is 0 Å². The Kier molecular flexibility index (Phi) is 4.20. The summed E-state index contributed by atoms with van der Waals surface area (Å²) < 4.78 is 6.55. The standard InChI is InChI=1S/C18H13IO2/c19-17-11-10-16(14-8-4-5-9-15(14)17)18(20)21-12-13-6-2-1-3-7-13/h1-11H,12H2. The molecule has 3 aromatic carbocycles. The van der Waals surface area contributed by atoms with Crippen molar-refractivity contribution in [2.45, 2.75) is 6.61 Å². The van der Waals surface area contributed by atoms with Gasteiger partial charge in [0.1, 0.15) is 6.61 Å². The van der Waals surface area contributed by atoms with E-state index in [1.165, 1.54) is 0 Å². The van der Waals surface area contributed by atoms with Gasteiger partial charge in [-0.2, -0.15) is 0 Å².